The Balaban J connectivity index is 1.78. The molecule has 0 unspecified atom stereocenters. The molecule has 3 rings (SSSR count). The first-order valence-corrected chi connectivity index (χ1v) is 7.92. The van der Waals surface area contributed by atoms with Crippen LogP contribution in [-0.2, 0) is 4.79 Å². The molecule has 4 nitrogen and oxygen atoms in total. The van der Waals surface area contributed by atoms with Crippen LogP contribution in [0.4, 0.5) is 11.4 Å². The van der Waals surface area contributed by atoms with Gasteiger partial charge in [-0.1, -0.05) is 31.4 Å². The Morgan fingerprint density at radius 1 is 1.14 bits per heavy atom. The molecule has 2 aliphatic rings. The number of carbonyl (C=O) groups is 1. The molecule has 1 heterocycles. The Labute approximate surface area is 126 Å². The molecular formula is C17H24N2O2. The Morgan fingerprint density at radius 3 is 2.52 bits per heavy atom. The van der Waals surface area contributed by atoms with Gasteiger partial charge in [-0.05, 0) is 25.0 Å². The van der Waals surface area contributed by atoms with Crippen LogP contribution < -0.4 is 9.80 Å². The van der Waals surface area contributed by atoms with Crippen molar-refractivity contribution in [2.45, 2.75) is 44.1 Å². The first-order chi connectivity index (χ1) is 10.1. The number of amides is 1. The average molecular weight is 288 g/mol. The van der Waals surface area contributed by atoms with Crippen LogP contribution in [0.3, 0.4) is 0 Å². The van der Waals surface area contributed by atoms with Gasteiger partial charge in [0.2, 0.25) is 5.91 Å². The molecule has 1 fully saturated rings. The fourth-order valence-corrected chi connectivity index (χ4v) is 3.53. The zero-order valence-corrected chi connectivity index (χ0v) is 12.7. The van der Waals surface area contributed by atoms with Gasteiger partial charge in [-0.2, -0.15) is 0 Å². The van der Waals surface area contributed by atoms with Crippen molar-refractivity contribution in [3.8, 4) is 0 Å². The van der Waals surface area contributed by atoms with Crippen LogP contribution in [0.1, 0.15) is 38.5 Å². The minimum absolute atomic E-state index is 0.0555. The van der Waals surface area contributed by atoms with Gasteiger partial charge >= 0.3 is 0 Å². The molecular weight excluding hydrogens is 264 g/mol. The number of hydrogen-bond donors (Lipinski definition) is 1. The Hall–Kier alpha value is -1.55. The molecule has 0 bridgehead atoms. The third kappa shape index (κ3) is 2.91. The summed E-state index contributed by atoms with van der Waals surface area (Å²) in [5.41, 5.74) is 1.27. The Kier molecular flexibility index (Phi) is 3.89. The van der Waals surface area contributed by atoms with Crippen LogP contribution >= 0.6 is 0 Å². The van der Waals surface area contributed by atoms with Crippen molar-refractivity contribution in [3.63, 3.8) is 0 Å². The zero-order chi connectivity index (χ0) is 14.9. The molecule has 1 aliphatic heterocycles. The molecule has 0 radical (unpaired) electrons. The Bertz CT molecular complexity index is 523. The third-order valence-electron chi connectivity index (χ3n) is 4.81. The lowest BCUT2D eigenvalue weighted by Crippen LogP contribution is -2.46. The number of rotatable bonds is 2. The summed E-state index contributed by atoms with van der Waals surface area (Å²) in [7, 11) is 2.05. The van der Waals surface area contributed by atoms with Crippen molar-refractivity contribution in [1.29, 1.82) is 0 Å². The number of aliphatic hydroxyl groups is 1. The van der Waals surface area contributed by atoms with Gasteiger partial charge in [0, 0.05) is 20.1 Å². The second-order valence-corrected chi connectivity index (χ2v) is 6.42. The van der Waals surface area contributed by atoms with Crippen molar-refractivity contribution in [2.24, 2.45) is 0 Å². The molecule has 1 aromatic rings. The molecule has 1 saturated carbocycles. The van der Waals surface area contributed by atoms with E-state index in [0.29, 0.717) is 6.54 Å². The van der Waals surface area contributed by atoms with E-state index in [0.717, 1.165) is 43.6 Å². The van der Waals surface area contributed by atoms with E-state index in [1.165, 1.54) is 6.42 Å². The molecule has 1 aliphatic carbocycles. The van der Waals surface area contributed by atoms with Crippen molar-refractivity contribution in [3.05, 3.63) is 24.3 Å². The van der Waals surface area contributed by atoms with E-state index >= 15 is 0 Å². The fraction of sp³-hybridized carbons (Fsp3) is 0.588. The molecule has 1 N–H and O–H groups in total. The van der Waals surface area contributed by atoms with E-state index in [2.05, 4.69) is 11.9 Å². The first kappa shape index (κ1) is 14.4. The first-order valence-electron chi connectivity index (χ1n) is 7.92. The van der Waals surface area contributed by atoms with Crippen LogP contribution in [0, 0.1) is 0 Å². The fourth-order valence-electron chi connectivity index (χ4n) is 3.53. The van der Waals surface area contributed by atoms with E-state index in [1.54, 1.807) is 0 Å². The maximum atomic E-state index is 12.7. The third-order valence-corrected chi connectivity index (χ3v) is 4.81. The molecule has 114 valence electrons. The lowest BCUT2D eigenvalue weighted by atomic mass is 9.82. The van der Waals surface area contributed by atoms with Crippen molar-refractivity contribution >= 4 is 17.3 Å². The number of benzene rings is 1. The van der Waals surface area contributed by atoms with Gasteiger partial charge < -0.3 is 14.9 Å². The number of para-hydroxylation sites is 2. The van der Waals surface area contributed by atoms with Gasteiger partial charge in [-0.25, -0.2) is 0 Å². The summed E-state index contributed by atoms with van der Waals surface area (Å²) >= 11 is 0. The topological polar surface area (TPSA) is 43.8 Å². The molecule has 0 atom stereocenters. The van der Waals surface area contributed by atoms with Crippen LogP contribution in [0.2, 0.25) is 0 Å². The lowest BCUT2D eigenvalue weighted by molar-refractivity contribution is -0.124. The number of nitrogens with zero attached hydrogens (tertiary/aromatic N) is 2. The van der Waals surface area contributed by atoms with Crippen molar-refractivity contribution in [2.75, 3.05) is 29.9 Å². The van der Waals surface area contributed by atoms with Crippen molar-refractivity contribution in [1.82, 2.24) is 0 Å². The standard InChI is InChI=1S/C17H24N2O2/c1-18-11-12-19(15-8-4-3-7-14(15)18)16(20)13-17(21)9-5-2-6-10-17/h3-4,7-8,21H,2,5-6,9-13H2,1H3. The predicted molar refractivity (Wildman–Crippen MR) is 84.7 cm³/mol. The summed E-state index contributed by atoms with van der Waals surface area (Å²) in [6, 6.07) is 8.00. The highest BCUT2D eigenvalue weighted by molar-refractivity contribution is 5.98. The smallest absolute Gasteiger partial charge is 0.230 e. The summed E-state index contributed by atoms with van der Waals surface area (Å²) in [4.78, 5) is 16.7. The van der Waals surface area contributed by atoms with Gasteiger partial charge in [0.05, 0.1) is 23.4 Å². The molecule has 1 amide bonds. The second-order valence-electron chi connectivity index (χ2n) is 6.42. The predicted octanol–water partition coefficient (Wildman–Crippen LogP) is 2.55. The summed E-state index contributed by atoms with van der Waals surface area (Å²) in [5.74, 6) is 0.0555. The maximum absolute atomic E-state index is 12.7. The Morgan fingerprint density at radius 2 is 1.81 bits per heavy atom. The van der Waals surface area contributed by atoms with E-state index in [4.69, 9.17) is 0 Å². The number of likely N-dealkylation sites (N-methyl/N-ethyl adjacent to an activating group) is 1. The minimum Gasteiger partial charge on any atom is -0.389 e. The highest BCUT2D eigenvalue weighted by Gasteiger charge is 2.35. The SMILES string of the molecule is CN1CCN(C(=O)CC2(O)CCCCC2)c2ccccc21. The number of anilines is 2. The largest absolute Gasteiger partial charge is 0.389 e. The van der Waals surface area contributed by atoms with E-state index in [-0.39, 0.29) is 12.3 Å². The van der Waals surface area contributed by atoms with Crippen molar-refractivity contribution < 1.29 is 9.90 Å². The summed E-state index contributed by atoms with van der Waals surface area (Å²) < 4.78 is 0. The van der Waals surface area contributed by atoms with Crippen LogP contribution in [0.15, 0.2) is 24.3 Å². The minimum atomic E-state index is -0.784. The van der Waals surface area contributed by atoms with Gasteiger partial charge in [0.15, 0.2) is 0 Å². The quantitative estimate of drug-likeness (QED) is 0.909. The van der Waals surface area contributed by atoms with E-state index in [1.807, 2.05) is 29.2 Å². The van der Waals surface area contributed by atoms with Gasteiger partial charge in [0.25, 0.3) is 0 Å². The van der Waals surface area contributed by atoms with E-state index in [9.17, 15) is 9.90 Å². The number of fused-ring (bicyclic) bond motifs is 1. The number of hydrogen-bond acceptors (Lipinski definition) is 3. The summed E-state index contributed by atoms with van der Waals surface area (Å²) in [6.45, 7) is 1.53. The van der Waals surface area contributed by atoms with Crippen LogP contribution in [0.5, 0.6) is 0 Å². The average Bonchev–Trinajstić information content (AvgIpc) is 2.48. The zero-order valence-electron chi connectivity index (χ0n) is 12.7. The second kappa shape index (κ2) is 5.68. The normalized spacial score (nSPS) is 21.0. The molecule has 0 aromatic heterocycles. The molecule has 0 saturated heterocycles. The van der Waals surface area contributed by atoms with E-state index < -0.39 is 5.60 Å². The van der Waals surface area contributed by atoms with Gasteiger partial charge in [-0.15, -0.1) is 0 Å². The molecule has 4 heteroatoms. The van der Waals surface area contributed by atoms with Gasteiger partial charge in [0.1, 0.15) is 0 Å². The van der Waals surface area contributed by atoms with Crippen LogP contribution in [0.25, 0.3) is 0 Å². The highest BCUT2D eigenvalue weighted by Crippen LogP contribution is 2.35. The monoisotopic (exact) mass is 288 g/mol. The van der Waals surface area contributed by atoms with Gasteiger partial charge in [-0.3, -0.25) is 4.79 Å². The molecule has 0 spiro atoms. The molecule has 21 heavy (non-hydrogen) atoms. The summed E-state index contributed by atoms with van der Waals surface area (Å²) in [5, 5.41) is 10.6. The highest BCUT2D eigenvalue weighted by atomic mass is 16.3. The number of carbonyl (C=O) groups excluding carboxylic acids is 1. The lowest BCUT2D eigenvalue weighted by Gasteiger charge is -2.38. The summed E-state index contributed by atoms with van der Waals surface area (Å²) in [6.07, 6.45) is 5.01. The maximum Gasteiger partial charge on any atom is 0.230 e. The molecule has 1 aromatic carbocycles. The van der Waals surface area contributed by atoms with Crippen LogP contribution in [-0.4, -0.2) is 36.8 Å².